The number of methoxy groups -OCH3 is 1. The molecule has 0 fully saturated rings. The fourth-order valence-electron chi connectivity index (χ4n) is 7.20. The monoisotopic (exact) mass is 687 g/mol. The van der Waals surface area contributed by atoms with Crippen LogP contribution in [-0.4, -0.2) is 40.2 Å². The summed E-state index contributed by atoms with van der Waals surface area (Å²) in [5, 5.41) is 6.45. The van der Waals surface area contributed by atoms with Crippen LogP contribution in [-0.2, 0) is 0 Å². The van der Waals surface area contributed by atoms with Crippen LogP contribution in [0, 0.1) is 23.3 Å². The maximum absolute atomic E-state index is 13.8. The van der Waals surface area contributed by atoms with E-state index >= 15 is 0 Å². The molecule has 0 unspecified atom stereocenters. The predicted octanol–water partition coefficient (Wildman–Crippen LogP) is 10.2. The molecule has 51 heavy (non-hydrogen) atoms. The first-order chi connectivity index (χ1) is 24.8. The molecule has 4 aromatic heterocycles. The molecule has 10 rings (SSSR count). The number of fused-ring (bicyclic) bond motifs is 12. The van der Waals surface area contributed by atoms with Gasteiger partial charge in [-0.25, -0.2) is 17.6 Å². The van der Waals surface area contributed by atoms with E-state index in [-0.39, 0.29) is 23.3 Å². The highest BCUT2D eigenvalue weighted by molar-refractivity contribution is 6.22. The molecule has 0 saturated heterocycles. The average molecular weight is 688 g/mol. The van der Waals surface area contributed by atoms with Gasteiger partial charge in [0.15, 0.2) is 11.5 Å². The fraction of sp³-hybridized carbons (Fsp3) is 0.100. The minimum absolute atomic E-state index is 0.299. The Morgan fingerprint density at radius 2 is 0.804 bits per heavy atom. The molecule has 6 aromatic carbocycles. The number of ether oxygens (including phenoxy) is 2. The van der Waals surface area contributed by atoms with Gasteiger partial charge >= 0.3 is 0 Å². The Hall–Kier alpha value is -6.20. The lowest BCUT2D eigenvalue weighted by molar-refractivity contribution is 0.319. The van der Waals surface area contributed by atoms with Crippen LogP contribution in [0.4, 0.5) is 17.6 Å². The summed E-state index contributed by atoms with van der Waals surface area (Å²) in [5.41, 5.74) is 12.0. The largest absolute Gasteiger partial charge is 0.492 e. The normalized spacial score (nSPS) is 12.0. The zero-order chi connectivity index (χ0) is 35.0. The standard InChI is InChI=1S/C21H17F2N3O.C19H12F2N2O/c22-11-2-4-17-13(8-11)15-10-16-14-9-12(23)3-5-18(14)26-20(16)21(19(15)25-17)27-7-1-6-24;1-24-19-17-13(11-6-9(20)2-4-15(11)22-17)8-14-12-7-10(21)3-5-16(12)23-18(14)19/h2-5,8-10,25-26H,1,6-7,24H2;2-8,22-23H,1H3. The third-order valence-corrected chi connectivity index (χ3v) is 9.49. The number of benzene rings is 6. The molecule has 0 aliphatic heterocycles. The highest BCUT2D eigenvalue weighted by Gasteiger charge is 2.19. The molecule has 6 N–H and O–H groups in total. The molecule has 254 valence electrons. The van der Waals surface area contributed by atoms with Crippen molar-refractivity contribution in [3.8, 4) is 11.5 Å². The first-order valence-electron chi connectivity index (χ1n) is 16.4. The molecule has 0 atom stereocenters. The van der Waals surface area contributed by atoms with Crippen LogP contribution >= 0.6 is 0 Å². The maximum atomic E-state index is 13.8. The van der Waals surface area contributed by atoms with Gasteiger partial charge < -0.3 is 35.1 Å². The van der Waals surface area contributed by atoms with Gasteiger partial charge in [-0.2, -0.15) is 0 Å². The van der Waals surface area contributed by atoms with E-state index < -0.39 is 0 Å². The summed E-state index contributed by atoms with van der Waals surface area (Å²) in [5.74, 6) is 0.0675. The van der Waals surface area contributed by atoms with E-state index in [1.807, 2.05) is 12.1 Å². The molecule has 0 aliphatic carbocycles. The Morgan fingerprint density at radius 1 is 0.471 bits per heavy atom. The van der Waals surface area contributed by atoms with Crippen molar-refractivity contribution in [2.45, 2.75) is 6.42 Å². The topological polar surface area (TPSA) is 108 Å². The van der Waals surface area contributed by atoms with Gasteiger partial charge in [-0.05, 0) is 97.9 Å². The van der Waals surface area contributed by atoms with E-state index in [4.69, 9.17) is 15.2 Å². The predicted molar refractivity (Wildman–Crippen MR) is 196 cm³/mol. The third-order valence-electron chi connectivity index (χ3n) is 9.49. The molecule has 4 heterocycles. The molecule has 7 nitrogen and oxygen atoms in total. The highest BCUT2D eigenvalue weighted by Crippen LogP contribution is 2.42. The van der Waals surface area contributed by atoms with Crippen LogP contribution in [0.1, 0.15) is 6.42 Å². The molecule has 0 amide bonds. The average Bonchev–Trinajstić information content (AvgIpc) is 3.87. The van der Waals surface area contributed by atoms with Gasteiger partial charge in [0.05, 0.1) is 35.8 Å². The second-order valence-corrected chi connectivity index (χ2v) is 12.6. The van der Waals surface area contributed by atoms with Crippen molar-refractivity contribution in [3.05, 3.63) is 108 Å². The number of rotatable bonds is 5. The number of nitrogens with two attached hydrogens (primary N) is 1. The summed E-state index contributed by atoms with van der Waals surface area (Å²) in [6.45, 7) is 0.979. The Kier molecular flexibility index (Phi) is 7.07. The molecular formula is C40H29F4N5O2. The molecular weight excluding hydrogens is 658 g/mol. The number of aromatic amines is 4. The highest BCUT2D eigenvalue weighted by atomic mass is 19.1. The van der Waals surface area contributed by atoms with Crippen molar-refractivity contribution in [1.29, 1.82) is 0 Å². The number of hydrogen-bond acceptors (Lipinski definition) is 3. The van der Waals surface area contributed by atoms with Crippen LogP contribution in [0.15, 0.2) is 84.9 Å². The number of nitrogens with one attached hydrogen (secondary N) is 4. The van der Waals surface area contributed by atoms with E-state index in [1.165, 1.54) is 48.5 Å². The van der Waals surface area contributed by atoms with Gasteiger partial charge in [-0.1, -0.05) is 0 Å². The second-order valence-electron chi connectivity index (χ2n) is 12.6. The smallest absolute Gasteiger partial charge is 0.167 e. The Morgan fingerprint density at radius 3 is 1.12 bits per heavy atom. The van der Waals surface area contributed by atoms with E-state index in [0.717, 1.165) is 87.2 Å². The van der Waals surface area contributed by atoms with E-state index in [1.54, 1.807) is 31.4 Å². The van der Waals surface area contributed by atoms with E-state index in [0.29, 0.717) is 31.1 Å². The van der Waals surface area contributed by atoms with E-state index in [2.05, 4.69) is 19.9 Å². The molecule has 0 bridgehead atoms. The van der Waals surface area contributed by atoms with Gasteiger partial charge in [-0.15, -0.1) is 0 Å². The Balaban J connectivity index is 0.000000137. The van der Waals surface area contributed by atoms with Gasteiger partial charge in [0.2, 0.25) is 0 Å². The van der Waals surface area contributed by atoms with Crippen LogP contribution in [0.5, 0.6) is 11.5 Å². The number of hydrogen-bond donors (Lipinski definition) is 5. The van der Waals surface area contributed by atoms with E-state index in [9.17, 15) is 17.6 Å². The lowest BCUT2D eigenvalue weighted by atomic mass is 10.1. The summed E-state index contributed by atoms with van der Waals surface area (Å²) < 4.78 is 66.7. The molecule has 10 aromatic rings. The molecule has 0 spiro atoms. The maximum Gasteiger partial charge on any atom is 0.167 e. The number of halogens is 4. The Labute approximate surface area is 285 Å². The van der Waals surface area contributed by atoms with Crippen LogP contribution in [0.25, 0.3) is 87.2 Å². The molecule has 0 radical (unpaired) electrons. The van der Waals surface area contributed by atoms with Crippen molar-refractivity contribution in [1.82, 2.24) is 19.9 Å². The second kappa shape index (κ2) is 11.7. The quantitative estimate of drug-likeness (QED) is 0.0918. The number of H-pyrrole nitrogens is 4. The van der Waals surface area contributed by atoms with Crippen molar-refractivity contribution >= 4 is 87.2 Å². The summed E-state index contributed by atoms with van der Waals surface area (Å²) in [7, 11) is 1.59. The SMILES string of the molecule is COc1c2[nH]c3ccc(F)cc3c2cc2c1[nH]c1ccc(F)cc12.NCCCOc1c2[nH]c3ccc(F)cc3c2cc2c1[nH]c1ccc(F)cc12. The van der Waals surface area contributed by atoms with Crippen LogP contribution < -0.4 is 15.2 Å². The summed E-state index contributed by atoms with van der Waals surface area (Å²) in [4.78, 5) is 13.2. The van der Waals surface area contributed by atoms with Gasteiger partial charge in [0.25, 0.3) is 0 Å². The fourth-order valence-corrected chi connectivity index (χ4v) is 7.20. The zero-order valence-corrected chi connectivity index (χ0v) is 27.1. The van der Waals surface area contributed by atoms with Crippen LogP contribution in [0.3, 0.4) is 0 Å². The van der Waals surface area contributed by atoms with Gasteiger partial charge in [0.1, 0.15) is 23.3 Å². The third kappa shape index (κ3) is 4.91. The Bertz CT molecular complexity index is 2800. The first kappa shape index (κ1) is 30.8. The first-order valence-corrected chi connectivity index (χ1v) is 16.4. The molecule has 0 saturated carbocycles. The van der Waals surface area contributed by atoms with Crippen molar-refractivity contribution in [2.75, 3.05) is 20.3 Å². The van der Waals surface area contributed by atoms with Crippen molar-refractivity contribution in [2.24, 2.45) is 5.73 Å². The summed E-state index contributed by atoms with van der Waals surface area (Å²) in [6.07, 6.45) is 0.710. The van der Waals surface area contributed by atoms with Crippen molar-refractivity contribution < 1.29 is 27.0 Å². The summed E-state index contributed by atoms with van der Waals surface area (Å²) in [6, 6.07) is 22.4. The van der Waals surface area contributed by atoms with Crippen molar-refractivity contribution in [3.63, 3.8) is 0 Å². The number of aromatic nitrogens is 4. The lowest BCUT2D eigenvalue weighted by Crippen LogP contribution is -2.06. The lowest BCUT2D eigenvalue weighted by Gasteiger charge is -2.08. The minimum atomic E-state index is -0.306. The molecule has 0 aliphatic rings. The minimum Gasteiger partial charge on any atom is -0.492 e. The summed E-state index contributed by atoms with van der Waals surface area (Å²) >= 11 is 0. The van der Waals surface area contributed by atoms with Gasteiger partial charge in [0, 0.05) is 65.2 Å². The van der Waals surface area contributed by atoms with Crippen LogP contribution in [0.2, 0.25) is 0 Å². The van der Waals surface area contributed by atoms with Gasteiger partial charge in [-0.3, -0.25) is 0 Å². The molecule has 11 heteroatoms. The zero-order valence-electron chi connectivity index (χ0n) is 27.1.